The minimum atomic E-state index is -2.66. The van der Waals surface area contributed by atoms with Gasteiger partial charge in [-0.15, -0.1) is 0 Å². The van der Waals surface area contributed by atoms with Gasteiger partial charge in [0.05, 0.1) is 6.04 Å². The Kier molecular flexibility index (Phi) is 6.32. The first-order valence-electron chi connectivity index (χ1n) is 6.28. The van der Waals surface area contributed by atoms with Crippen LogP contribution in [0.4, 0.5) is 0 Å². The van der Waals surface area contributed by atoms with Gasteiger partial charge in [0.25, 0.3) is 0 Å². The number of phenolic OH excluding ortho intramolecular Hbond substituents is 1. The fourth-order valence-corrected chi connectivity index (χ4v) is 2.16. The zero-order chi connectivity index (χ0) is 15.1. The number of hydrogen-bond donors (Lipinski definition) is 2. The summed E-state index contributed by atoms with van der Waals surface area (Å²) in [5.41, 5.74) is 4.69. The van der Waals surface area contributed by atoms with E-state index >= 15 is 0 Å². The summed E-state index contributed by atoms with van der Waals surface area (Å²) in [6.07, 6.45) is 0. The van der Waals surface area contributed by atoms with E-state index in [2.05, 4.69) is 19.6 Å². The molecule has 5 heteroatoms. The van der Waals surface area contributed by atoms with Gasteiger partial charge in [0.1, 0.15) is 5.75 Å². The van der Waals surface area contributed by atoms with Crippen molar-refractivity contribution in [1.29, 1.82) is 0 Å². The molecule has 20 heavy (non-hydrogen) atoms. The molecule has 0 aliphatic heterocycles. The summed E-state index contributed by atoms with van der Waals surface area (Å²) in [5, 5.41) is 9.89. The topological polar surface area (TPSA) is 88.0 Å². The average molecular weight is 292 g/mol. The Morgan fingerprint density at radius 1 is 1.05 bits per heavy atom. The lowest BCUT2D eigenvalue weighted by Crippen LogP contribution is -2.57. The molecular weight excluding hydrogens is 273 g/mol. The molecule has 0 amide bonds. The zero-order valence-corrected chi connectivity index (χ0v) is 12.5. The van der Waals surface area contributed by atoms with E-state index < -0.39 is 8.03 Å². The van der Waals surface area contributed by atoms with Gasteiger partial charge in [-0.25, -0.2) is 0 Å². The quantitative estimate of drug-likeness (QED) is 0.821. The molecule has 0 aromatic heterocycles. The molecule has 2 aromatic carbocycles. The Morgan fingerprint density at radius 2 is 1.50 bits per heavy atom. The van der Waals surface area contributed by atoms with Gasteiger partial charge in [0.15, 0.2) is 5.30 Å². The molecule has 0 radical (unpaired) electrons. The van der Waals surface area contributed by atoms with Crippen molar-refractivity contribution >= 4 is 13.3 Å². The van der Waals surface area contributed by atoms with Gasteiger partial charge >= 0.3 is 8.03 Å². The van der Waals surface area contributed by atoms with E-state index in [0.29, 0.717) is 17.2 Å². The zero-order valence-electron chi connectivity index (χ0n) is 11.6. The molecule has 0 aliphatic rings. The Morgan fingerprint density at radius 3 is 2.00 bits per heavy atom. The van der Waals surface area contributed by atoms with Crippen LogP contribution in [0.5, 0.6) is 5.75 Å². The van der Waals surface area contributed by atoms with Crippen LogP contribution < -0.4 is 15.9 Å². The van der Waals surface area contributed by atoms with Crippen LogP contribution in [-0.2, 0) is 4.57 Å². The van der Waals surface area contributed by atoms with Gasteiger partial charge < -0.3 is 15.7 Å². The number of benzene rings is 2. The first-order valence-corrected chi connectivity index (χ1v) is 7.46. The van der Waals surface area contributed by atoms with Crippen molar-refractivity contribution in [2.45, 2.75) is 19.9 Å². The number of phenols is 1. The second-order valence-electron chi connectivity index (χ2n) is 4.69. The summed E-state index contributed by atoms with van der Waals surface area (Å²) in [6.45, 7) is 4.11. The van der Waals surface area contributed by atoms with Crippen LogP contribution in [0.15, 0.2) is 48.5 Å². The van der Waals surface area contributed by atoms with E-state index in [1.165, 1.54) is 12.1 Å². The number of para-hydroxylation sites is 1. The highest BCUT2D eigenvalue weighted by atomic mass is 31.1. The van der Waals surface area contributed by atoms with Crippen molar-refractivity contribution in [3.63, 3.8) is 0 Å². The molecule has 4 N–H and O–H groups in total. The first-order chi connectivity index (χ1) is 9.43. The van der Waals surface area contributed by atoms with Gasteiger partial charge in [-0.2, -0.15) is 0 Å². The summed E-state index contributed by atoms with van der Waals surface area (Å²) in [6, 6.07) is 13.8. The van der Waals surface area contributed by atoms with Crippen LogP contribution in [0, 0.1) is 0 Å². The van der Waals surface area contributed by atoms with Crippen LogP contribution in [-0.4, -0.2) is 11.1 Å². The molecule has 0 fully saturated rings. The van der Waals surface area contributed by atoms with E-state index in [-0.39, 0.29) is 11.1 Å². The van der Waals surface area contributed by atoms with Crippen LogP contribution in [0.1, 0.15) is 13.8 Å². The number of quaternary nitrogens is 1. The standard InChI is InChI=1S/C12H9O3P.C3H9N/c13-11-7-3-1-5-9(11)10-6-2-4-8-12(10)16(14)15;1-3(2)4/h1-8,13H;3H,4H2,1-2H3/p+1. The molecule has 1 atom stereocenters. The summed E-state index contributed by atoms with van der Waals surface area (Å²) in [4.78, 5) is 11.1. The van der Waals surface area contributed by atoms with Crippen molar-refractivity contribution in [3.8, 4) is 16.9 Å². The second-order valence-corrected chi connectivity index (χ2v) is 5.68. The first kappa shape index (κ1) is 16.3. The predicted octanol–water partition coefficient (Wildman–Crippen LogP) is 1.42. The maximum atomic E-state index is 11.1. The minimum absolute atomic E-state index is 0.0757. The van der Waals surface area contributed by atoms with Gasteiger partial charge in [0, 0.05) is 11.1 Å². The lowest BCUT2D eigenvalue weighted by atomic mass is 10.0. The molecule has 0 saturated heterocycles. The van der Waals surface area contributed by atoms with Gasteiger partial charge in [-0.3, -0.25) is 0 Å². The lowest BCUT2D eigenvalue weighted by molar-refractivity contribution is -0.407. The SMILES string of the molecule is CC(C)[NH3+].O=[P+]([O-])c1ccccc1-c1ccccc1O. The number of rotatable bonds is 2. The van der Waals surface area contributed by atoms with Crippen molar-refractivity contribution < 1.29 is 20.3 Å². The Hall–Kier alpha value is -1.74. The normalized spacial score (nSPS) is 10.8. The monoisotopic (exact) mass is 292 g/mol. The minimum Gasteiger partial charge on any atom is -0.591 e. The third kappa shape index (κ3) is 4.74. The Bertz CT molecular complexity index is 582. The summed E-state index contributed by atoms with van der Waals surface area (Å²) < 4.78 is 11.1. The Balaban J connectivity index is 0.000000444. The van der Waals surface area contributed by atoms with E-state index in [4.69, 9.17) is 0 Å². The molecule has 0 heterocycles. The van der Waals surface area contributed by atoms with E-state index in [1.807, 2.05) is 0 Å². The highest BCUT2D eigenvalue weighted by Crippen LogP contribution is 2.30. The molecule has 0 aliphatic carbocycles. The lowest BCUT2D eigenvalue weighted by Gasteiger charge is -2.05. The number of aromatic hydroxyl groups is 1. The molecule has 106 valence electrons. The summed E-state index contributed by atoms with van der Waals surface area (Å²) in [5.74, 6) is 0.0757. The molecule has 1 unspecified atom stereocenters. The highest BCUT2D eigenvalue weighted by Gasteiger charge is 2.16. The third-order valence-electron chi connectivity index (χ3n) is 2.29. The van der Waals surface area contributed by atoms with Crippen molar-refractivity contribution in [1.82, 2.24) is 0 Å². The van der Waals surface area contributed by atoms with Gasteiger partial charge in [0.2, 0.25) is 0 Å². The van der Waals surface area contributed by atoms with E-state index in [1.54, 1.807) is 36.4 Å². The van der Waals surface area contributed by atoms with Crippen LogP contribution in [0.2, 0.25) is 0 Å². The summed E-state index contributed by atoms with van der Waals surface area (Å²) >= 11 is 0. The molecule has 2 aromatic rings. The van der Waals surface area contributed by atoms with Crippen molar-refractivity contribution in [2.24, 2.45) is 0 Å². The maximum absolute atomic E-state index is 11.1. The second kappa shape index (κ2) is 7.75. The van der Waals surface area contributed by atoms with Crippen LogP contribution in [0.25, 0.3) is 11.1 Å². The van der Waals surface area contributed by atoms with Crippen molar-refractivity contribution in [3.05, 3.63) is 48.5 Å². The van der Waals surface area contributed by atoms with Gasteiger partial charge in [-0.05, 0) is 32.0 Å². The maximum Gasteiger partial charge on any atom is 0.349 e. The van der Waals surface area contributed by atoms with Crippen LogP contribution in [0.3, 0.4) is 0 Å². The highest BCUT2D eigenvalue weighted by molar-refractivity contribution is 7.46. The van der Waals surface area contributed by atoms with Gasteiger partial charge in [-0.1, -0.05) is 34.9 Å². The fourth-order valence-electron chi connectivity index (χ4n) is 1.56. The molecule has 0 saturated carbocycles. The third-order valence-corrected chi connectivity index (χ3v) is 3.08. The summed E-state index contributed by atoms with van der Waals surface area (Å²) in [7, 11) is -2.66. The van der Waals surface area contributed by atoms with E-state index in [0.717, 1.165) is 0 Å². The van der Waals surface area contributed by atoms with Crippen LogP contribution >= 0.6 is 8.03 Å². The molecule has 0 bridgehead atoms. The fraction of sp³-hybridized carbons (Fsp3) is 0.200. The van der Waals surface area contributed by atoms with Crippen molar-refractivity contribution in [2.75, 3.05) is 0 Å². The predicted molar refractivity (Wildman–Crippen MR) is 78.8 cm³/mol. The smallest absolute Gasteiger partial charge is 0.349 e. The molecule has 4 nitrogen and oxygen atoms in total. The largest absolute Gasteiger partial charge is 0.591 e. The average Bonchev–Trinajstić information content (AvgIpc) is 2.38. The molecular formula is C15H19NO3P+. The number of hydrogen-bond acceptors (Lipinski definition) is 3. The Labute approximate surface area is 119 Å². The van der Waals surface area contributed by atoms with E-state index in [9.17, 15) is 14.6 Å². The molecule has 0 spiro atoms. The molecule has 2 rings (SSSR count).